The zero-order valence-electron chi connectivity index (χ0n) is 15.2. The summed E-state index contributed by atoms with van der Waals surface area (Å²) < 4.78 is 5.08. The third kappa shape index (κ3) is 5.27. The number of para-hydroxylation sites is 1. The number of benzene rings is 2. The summed E-state index contributed by atoms with van der Waals surface area (Å²) in [5, 5.41) is 2.79. The Morgan fingerprint density at radius 2 is 2.00 bits per heavy atom. The van der Waals surface area contributed by atoms with Crippen LogP contribution in [-0.4, -0.2) is 41.6 Å². The van der Waals surface area contributed by atoms with Gasteiger partial charge in [0.05, 0.1) is 17.4 Å². The zero-order chi connectivity index (χ0) is 20.1. The lowest BCUT2D eigenvalue weighted by atomic mass is 10.2. The lowest BCUT2D eigenvalue weighted by Gasteiger charge is -2.23. The van der Waals surface area contributed by atoms with Crippen LogP contribution in [0.2, 0.25) is 5.02 Å². The molecule has 28 heavy (non-hydrogen) atoms. The van der Waals surface area contributed by atoms with Gasteiger partial charge in [-0.25, -0.2) is 0 Å². The zero-order valence-corrected chi connectivity index (χ0v) is 16.8. The maximum atomic E-state index is 12.2. The van der Waals surface area contributed by atoms with Crippen LogP contribution in [0.15, 0.2) is 53.4 Å². The lowest BCUT2D eigenvalue weighted by Crippen LogP contribution is -2.33. The van der Waals surface area contributed by atoms with Crippen molar-refractivity contribution in [3.63, 3.8) is 0 Å². The molecule has 0 radical (unpaired) electrons. The number of nitrogens with zero attached hydrogens (tertiary/aromatic N) is 1. The number of likely N-dealkylation sites (N-methyl/N-ethyl adjacent to an activating group) is 1. The fourth-order valence-electron chi connectivity index (χ4n) is 2.69. The number of ether oxygens (including phenoxy) is 1. The van der Waals surface area contributed by atoms with Crippen molar-refractivity contribution in [1.82, 2.24) is 4.90 Å². The molecule has 2 aromatic carbocycles. The summed E-state index contributed by atoms with van der Waals surface area (Å²) in [7, 11) is 1.62. The molecule has 0 unspecified atom stereocenters. The van der Waals surface area contributed by atoms with Gasteiger partial charge in [-0.3, -0.25) is 14.4 Å². The lowest BCUT2D eigenvalue weighted by molar-refractivity contribution is -0.152. The Hall–Kier alpha value is -2.51. The topological polar surface area (TPSA) is 75.7 Å². The molecule has 0 aromatic heterocycles. The van der Waals surface area contributed by atoms with Crippen molar-refractivity contribution in [2.45, 2.75) is 23.1 Å². The number of anilines is 1. The first-order chi connectivity index (χ1) is 13.4. The van der Waals surface area contributed by atoms with Crippen LogP contribution < -0.4 is 5.32 Å². The van der Waals surface area contributed by atoms with E-state index in [1.807, 2.05) is 30.3 Å². The third-order valence-electron chi connectivity index (χ3n) is 4.15. The second kappa shape index (κ2) is 9.12. The fourth-order valence-corrected chi connectivity index (χ4v) is 4.00. The summed E-state index contributed by atoms with van der Waals surface area (Å²) in [6, 6.07) is 14.6. The number of carbonyl (C=O) groups excluding carboxylic acids is 3. The number of thioether (sulfide) groups is 1. The van der Waals surface area contributed by atoms with Crippen LogP contribution in [0, 0.1) is 0 Å². The molecule has 2 amide bonds. The van der Waals surface area contributed by atoms with Crippen LogP contribution >= 0.6 is 23.4 Å². The molecule has 0 aliphatic carbocycles. The second-order valence-electron chi connectivity index (χ2n) is 6.34. The molecule has 8 heteroatoms. The van der Waals surface area contributed by atoms with Crippen molar-refractivity contribution in [1.29, 1.82) is 0 Å². The number of hydrogen-bond donors (Lipinski definition) is 1. The van der Waals surface area contributed by atoms with Crippen LogP contribution in [0.3, 0.4) is 0 Å². The summed E-state index contributed by atoms with van der Waals surface area (Å²) in [5.41, 5.74) is 1.61. The number of amides is 2. The van der Waals surface area contributed by atoms with Gasteiger partial charge < -0.3 is 15.0 Å². The largest absolute Gasteiger partial charge is 0.456 e. The van der Waals surface area contributed by atoms with Crippen LogP contribution in [0.4, 0.5) is 5.69 Å². The van der Waals surface area contributed by atoms with Crippen LogP contribution in [0.1, 0.15) is 12.0 Å². The molecule has 1 atom stereocenters. The average Bonchev–Trinajstić information content (AvgIpc) is 2.66. The van der Waals surface area contributed by atoms with Crippen molar-refractivity contribution in [2.75, 3.05) is 19.0 Å². The number of nitrogens with one attached hydrogen (secondary N) is 1. The molecule has 6 nitrogen and oxygen atoms in total. The first-order valence-corrected chi connectivity index (χ1v) is 9.88. The highest BCUT2D eigenvalue weighted by atomic mass is 35.5. The first kappa shape index (κ1) is 20.2. The number of halogens is 1. The molecule has 0 spiro atoms. The third-order valence-corrected chi connectivity index (χ3v) is 5.66. The van der Waals surface area contributed by atoms with E-state index in [2.05, 4.69) is 5.32 Å². The SMILES string of the molecule is CN(Cc1cccc(Cl)c1)C(=O)COC(=O)C[C@H]1Sc2ccccc2NC1=O. The number of carbonyl (C=O) groups is 3. The predicted molar refractivity (Wildman–Crippen MR) is 108 cm³/mol. The standard InChI is InChI=1S/C20H19ClN2O4S/c1-23(11-13-5-4-6-14(21)9-13)18(24)12-27-19(25)10-17-20(26)22-15-7-2-3-8-16(15)28-17/h2-9,17H,10-12H2,1H3,(H,22,26)/t17-/m1/s1. The fraction of sp³-hybridized carbons (Fsp3) is 0.250. The van der Waals surface area contributed by atoms with E-state index in [-0.39, 0.29) is 24.8 Å². The van der Waals surface area contributed by atoms with Gasteiger partial charge in [0.2, 0.25) is 5.91 Å². The summed E-state index contributed by atoms with van der Waals surface area (Å²) in [4.78, 5) is 38.8. The van der Waals surface area contributed by atoms with Crippen molar-refractivity contribution in [3.8, 4) is 0 Å². The first-order valence-electron chi connectivity index (χ1n) is 8.63. The van der Waals surface area contributed by atoms with Gasteiger partial charge >= 0.3 is 5.97 Å². The highest BCUT2D eigenvalue weighted by Gasteiger charge is 2.29. The molecule has 1 N–H and O–H groups in total. The van der Waals surface area contributed by atoms with Crippen LogP contribution in [0.25, 0.3) is 0 Å². The van der Waals surface area contributed by atoms with E-state index >= 15 is 0 Å². The Morgan fingerprint density at radius 1 is 1.21 bits per heavy atom. The molecule has 0 saturated heterocycles. The number of fused-ring (bicyclic) bond motifs is 1. The van der Waals surface area contributed by atoms with Crippen LogP contribution in [-0.2, 0) is 25.7 Å². The average molecular weight is 419 g/mol. The maximum Gasteiger partial charge on any atom is 0.307 e. The minimum Gasteiger partial charge on any atom is -0.456 e. The summed E-state index contributed by atoms with van der Waals surface area (Å²) in [5.74, 6) is -1.17. The molecular formula is C20H19ClN2O4S. The van der Waals surface area contributed by atoms with Crippen LogP contribution in [0.5, 0.6) is 0 Å². The van der Waals surface area contributed by atoms with E-state index in [0.717, 1.165) is 16.1 Å². The Kier molecular flexibility index (Phi) is 6.59. The maximum absolute atomic E-state index is 12.2. The van der Waals surface area contributed by atoms with Gasteiger partial charge in [0.25, 0.3) is 5.91 Å². The molecule has 0 fully saturated rings. The highest BCUT2D eigenvalue weighted by Crippen LogP contribution is 2.36. The second-order valence-corrected chi connectivity index (χ2v) is 8.02. The molecule has 1 aliphatic rings. The molecule has 2 aromatic rings. The van der Waals surface area contributed by atoms with Gasteiger partial charge in [-0.1, -0.05) is 35.9 Å². The van der Waals surface area contributed by atoms with Gasteiger partial charge in [0.1, 0.15) is 0 Å². The normalized spacial score (nSPS) is 15.4. The molecule has 1 heterocycles. The minimum atomic E-state index is -0.587. The van der Waals surface area contributed by atoms with Gasteiger partial charge in [0.15, 0.2) is 6.61 Å². The van der Waals surface area contributed by atoms with Gasteiger partial charge in [0, 0.05) is 23.5 Å². The molecule has 146 valence electrons. The van der Waals surface area contributed by atoms with Gasteiger partial charge in [-0.2, -0.15) is 0 Å². The van der Waals surface area contributed by atoms with E-state index in [1.165, 1.54) is 16.7 Å². The smallest absolute Gasteiger partial charge is 0.307 e. The number of hydrogen-bond acceptors (Lipinski definition) is 5. The van der Waals surface area contributed by atoms with Crippen molar-refractivity contribution < 1.29 is 19.1 Å². The monoisotopic (exact) mass is 418 g/mol. The van der Waals surface area contributed by atoms with E-state index in [9.17, 15) is 14.4 Å². The van der Waals surface area contributed by atoms with Crippen molar-refractivity contribution in [3.05, 3.63) is 59.1 Å². The van der Waals surface area contributed by atoms with E-state index < -0.39 is 11.2 Å². The summed E-state index contributed by atoms with van der Waals surface area (Å²) in [6.07, 6.45) is -0.101. The summed E-state index contributed by atoms with van der Waals surface area (Å²) in [6.45, 7) is -0.0138. The van der Waals surface area contributed by atoms with Gasteiger partial charge in [-0.05, 0) is 29.8 Å². The molecule has 0 saturated carbocycles. The predicted octanol–water partition coefficient (Wildman–Crippen LogP) is 3.34. The van der Waals surface area contributed by atoms with E-state index in [0.29, 0.717) is 11.6 Å². The summed E-state index contributed by atoms with van der Waals surface area (Å²) >= 11 is 7.26. The highest BCUT2D eigenvalue weighted by molar-refractivity contribution is 8.01. The van der Waals surface area contributed by atoms with E-state index in [1.54, 1.807) is 25.2 Å². The number of esters is 1. The minimum absolute atomic E-state index is 0.101. The Balaban J connectivity index is 1.47. The number of rotatable bonds is 6. The Morgan fingerprint density at radius 3 is 2.79 bits per heavy atom. The quantitative estimate of drug-likeness (QED) is 0.728. The van der Waals surface area contributed by atoms with E-state index in [4.69, 9.17) is 16.3 Å². The van der Waals surface area contributed by atoms with Gasteiger partial charge in [-0.15, -0.1) is 11.8 Å². The molecule has 3 rings (SSSR count). The molecule has 1 aliphatic heterocycles. The van der Waals surface area contributed by atoms with Crippen molar-refractivity contribution >= 4 is 46.8 Å². The van der Waals surface area contributed by atoms with Crippen molar-refractivity contribution in [2.24, 2.45) is 0 Å². The molecular weight excluding hydrogens is 400 g/mol. The Bertz CT molecular complexity index is 905. The molecule has 0 bridgehead atoms. The Labute approximate surface area is 172 Å².